The van der Waals surface area contributed by atoms with E-state index in [1.807, 2.05) is 44.2 Å². The van der Waals surface area contributed by atoms with Crippen molar-refractivity contribution in [3.05, 3.63) is 119 Å². The van der Waals surface area contributed by atoms with Crippen LogP contribution in [0.15, 0.2) is 113 Å². The molecule has 2 rings (SSSR count). The van der Waals surface area contributed by atoms with E-state index in [4.69, 9.17) is 15.5 Å². The molecule has 0 heterocycles. The molecule has 184 valence electrons. The summed E-state index contributed by atoms with van der Waals surface area (Å²) in [5, 5.41) is 0. The van der Waals surface area contributed by atoms with Gasteiger partial charge in [-0.2, -0.15) is 5.90 Å². The third-order valence-corrected chi connectivity index (χ3v) is 5.94. The zero-order valence-corrected chi connectivity index (χ0v) is 21.7. The van der Waals surface area contributed by atoms with Gasteiger partial charge in [0.2, 0.25) is 0 Å². The Morgan fingerprint density at radius 1 is 1.23 bits per heavy atom. The van der Waals surface area contributed by atoms with E-state index in [1.165, 1.54) is 0 Å². The number of ether oxygens (including phenoxy) is 1. The quantitative estimate of drug-likeness (QED) is 0.155. The average Bonchev–Trinajstić information content (AvgIpc) is 2.89. The number of nitrogens with zero attached hydrogens (tertiary/aromatic N) is 1. The fraction of sp³-hybridized carbons (Fsp3) is 0.258. The summed E-state index contributed by atoms with van der Waals surface area (Å²) in [4.78, 5) is 9.48. The Labute approximate surface area is 210 Å². The number of methoxy groups -OCH3 is 1. The lowest BCUT2D eigenvalue weighted by molar-refractivity contribution is 0.288. The molecule has 1 atom stereocenters. The molecule has 0 saturated carbocycles. The molecule has 1 aliphatic carbocycles. The molecule has 35 heavy (non-hydrogen) atoms. The van der Waals surface area contributed by atoms with Crippen LogP contribution in [0.2, 0.25) is 0 Å². The van der Waals surface area contributed by atoms with Crippen molar-refractivity contribution in [2.24, 2.45) is 16.8 Å². The summed E-state index contributed by atoms with van der Waals surface area (Å²) >= 11 is 0. The van der Waals surface area contributed by atoms with Gasteiger partial charge in [-0.3, -0.25) is 4.99 Å². The maximum atomic E-state index is 5.79. The minimum Gasteiger partial charge on any atom is -0.496 e. The van der Waals surface area contributed by atoms with Gasteiger partial charge in [-0.05, 0) is 73.1 Å². The normalized spacial score (nSPS) is 17.2. The van der Waals surface area contributed by atoms with E-state index < -0.39 is 0 Å². The molecular weight excluding hydrogens is 432 g/mol. The number of hydrogen-bond donors (Lipinski definition) is 1. The highest BCUT2D eigenvalue weighted by Crippen LogP contribution is 2.32. The second-order valence-corrected chi connectivity index (χ2v) is 8.39. The highest BCUT2D eigenvalue weighted by atomic mass is 16.6. The summed E-state index contributed by atoms with van der Waals surface area (Å²) in [5.74, 6) is 7.63. The number of hydrogen-bond acceptors (Lipinski definition) is 4. The van der Waals surface area contributed by atoms with E-state index in [0.29, 0.717) is 18.1 Å². The molecular formula is C31H38N2O2. The molecule has 1 aromatic carbocycles. The van der Waals surface area contributed by atoms with Gasteiger partial charge in [0.05, 0.1) is 7.11 Å². The first kappa shape index (κ1) is 27.6. The molecule has 0 spiro atoms. The van der Waals surface area contributed by atoms with Crippen molar-refractivity contribution in [3.8, 4) is 0 Å². The lowest BCUT2D eigenvalue weighted by atomic mass is 9.93. The van der Waals surface area contributed by atoms with E-state index >= 15 is 0 Å². The van der Waals surface area contributed by atoms with Crippen molar-refractivity contribution in [2.45, 2.75) is 40.5 Å². The highest BCUT2D eigenvalue weighted by Gasteiger charge is 2.16. The number of aliphatic imine (C=N–C) groups is 1. The minimum atomic E-state index is 0.400. The van der Waals surface area contributed by atoms with E-state index in [0.717, 1.165) is 51.2 Å². The molecule has 1 unspecified atom stereocenters. The number of benzene rings is 1. The van der Waals surface area contributed by atoms with Gasteiger partial charge in [-0.1, -0.05) is 69.5 Å². The molecule has 4 heteroatoms. The Hall–Kier alpha value is -3.63. The first-order chi connectivity index (χ1) is 16.9. The summed E-state index contributed by atoms with van der Waals surface area (Å²) in [6, 6.07) is 8.17. The zero-order chi connectivity index (χ0) is 25.8. The van der Waals surface area contributed by atoms with Crippen LogP contribution in [0.4, 0.5) is 0 Å². The Morgan fingerprint density at radius 2 is 1.91 bits per heavy atom. The molecule has 0 aliphatic heterocycles. The van der Waals surface area contributed by atoms with Gasteiger partial charge in [0, 0.05) is 29.1 Å². The maximum Gasteiger partial charge on any atom is 0.157 e. The smallest absolute Gasteiger partial charge is 0.157 e. The van der Waals surface area contributed by atoms with Crippen LogP contribution in [0.5, 0.6) is 0 Å². The van der Waals surface area contributed by atoms with E-state index in [9.17, 15) is 0 Å². The van der Waals surface area contributed by atoms with Crippen molar-refractivity contribution < 1.29 is 9.57 Å². The molecule has 0 bridgehead atoms. The average molecular weight is 471 g/mol. The lowest BCUT2D eigenvalue weighted by Crippen LogP contribution is -2.04. The van der Waals surface area contributed by atoms with Crippen molar-refractivity contribution in [1.82, 2.24) is 0 Å². The minimum absolute atomic E-state index is 0.400. The van der Waals surface area contributed by atoms with Crippen LogP contribution in [-0.2, 0) is 9.57 Å². The highest BCUT2D eigenvalue weighted by molar-refractivity contribution is 5.82. The molecule has 1 aromatic rings. The first-order valence-electron chi connectivity index (χ1n) is 11.9. The molecule has 0 saturated heterocycles. The SMILES string of the molecule is C=C/C(C)=C(\C(=C/C(C)CC)OC)c1ccc(/C(ON)=C2\C=C(C(=C)/C=C\N=CC)C=CC2)cc1. The van der Waals surface area contributed by atoms with E-state index in [-0.39, 0.29) is 0 Å². The Kier molecular flexibility index (Phi) is 11.0. The van der Waals surface area contributed by atoms with Gasteiger partial charge < -0.3 is 9.57 Å². The van der Waals surface area contributed by atoms with E-state index in [1.54, 1.807) is 19.5 Å². The van der Waals surface area contributed by atoms with Crippen LogP contribution in [-0.4, -0.2) is 13.3 Å². The first-order valence-corrected chi connectivity index (χ1v) is 11.9. The fourth-order valence-corrected chi connectivity index (χ4v) is 3.69. The van der Waals surface area contributed by atoms with Crippen LogP contribution in [0.1, 0.15) is 51.7 Å². The Morgan fingerprint density at radius 3 is 2.49 bits per heavy atom. The third-order valence-electron chi connectivity index (χ3n) is 5.94. The van der Waals surface area contributed by atoms with Crippen LogP contribution in [0.3, 0.4) is 0 Å². The number of allylic oxidation sites excluding steroid dienone is 11. The van der Waals surface area contributed by atoms with Gasteiger partial charge in [0.15, 0.2) is 5.76 Å². The molecule has 1 aliphatic rings. The Bertz CT molecular complexity index is 1120. The molecule has 0 amide bonds. The van der Waals surface area contributed by atoms with E-state index in [2.05, 4.69) is 62.4 Å². The maximum absolute atomic E-state index is 5.79. The van der Waals surface area contributed by atoms with Crippen molar-refractivity contribution in [3.63, 3.8) is 0 Å². The topological polar surface area (TPSA) is 56.8 Å². The largest absolute Gasteiger partial charge is 0.496 e. The van der Waals surface area contributed by atoms with Crippen LogP contribution in [0, 0.1) is 5.92 Å². The molecule has 0 fully saturated rings. The Balaban J connectivity index is 2.48. The second kappa shape index (κ2) is 13.9. The van der Waals surface area contributed by atoms with Gasteiger partial charge in [-0.25, -0.2) is 0 Å². The lowest BCUT2D eigenvalue weighted by Gasteiger charge is -2.17. The van der Waals surface area contributed by atoms with Crippen LogP contribution in [0.25, 0.3) is 11.3 Å². The van der Waals surface area contributed by atoms with Crippen molar-refractivity contribution in [2.75, 3.05) is 7.11 Å². The molecule has 0 radical (unpaired) electrons. The summed E-state index contributed by atoms with van der Waals surface area (Å²) in [6.07, 6.45) is 17.3. The predicted octanol–water partition coefficient (Wildman–Crippen LogP) is 7.87. The van der Waals surface area contributed by atoms with Crippen LogP contribution >= 0.6 is 0 Å². The van der Waals surface area contributed by atoms with Gasteiger partial charge >= 0.3 is 0 Å². The van der Waals surface area contributed by atoms with Crippen molar-refractivity contribution >= 4 is 17.5 Å². The number of nitrogens with two attached hydrogens (primary N) is 1. The predicted molar refractivity (Wildman–Crippen MR) is 150 cm³/mol. The van der Waals surface area contributed by atoms with Gasteiger partial charge in [0.25, 0.3) is 0 Å². The molecule has 4 nitrogen and oxygen atoms in total. The third kappa shape index (κ3) is 7.43. The summed E-state index contributed by atoms with van der Waals surface area (Å²) in [7, 11) is 1.71. The van der Waals surface area contributed by atoms with Gasteiger partial charge in [-0.15, -0.1) is 0 Å². The molecule has 2 N–H and O–H groups in total. The standard InChI is InChI=1S/C31H38N2O2/c1-8-22(4)20-29(34-7)30(23(5)9-2)25-14-16-26(17-15-25)31(35-32)28-13-11-12-27(21-28)24(6)18-19-33-10-3/h9-12,14-22H,2,6,8,13,32H2,1,3-5,7H3/b19-18-,29-20+,30-23-,31-28+,33-10?. The molecule has 0 aromatic heterocycles. The summed E-state index contributed by atoms with van der Waals surface area (Å²) in [6.45, 7) is 16.4. The zero-order valence-electron chi connectivity index (χ0n) is 21.7. The summed E-state index contributed by atoms with van der Waals surface area (Å²) in [5.41, 5.74) is 6.86. The fourth-order valence-electron chi connectivity index (χ4n) is 3.69. The van der Waals surface area contributed by atoms with Crippen molar-refractivity contribution in [1.29, 1.82) is 0 Å². The number of rotatable bonds is 11. The summed E-state index contributed by atoms with van der Waals surface area (Å²) < 4.78 is 5.79. The van der Waals surface area contributed by atoms with Gasteiger partial charge in [0.1, 0.15) is 5.76 Å². The second-order valence-electron chi connectivity index (χ2n) is 8.39. The van der Waals surface area contributed by atoms with Crippen LogP contribution < -0.4 is 5.90 Å². The monoisotopic (exact) mass is 470 g/mol.